The Labute approximate surface area is 135 Å². The number of aromatic nitrogens is 5. The first-order valence-corrected chi connectivity index (χ1v) is 7.32. The van der Waals surface area contributed by atoms with Crippen LogP contribution in [0.3, 0.4) is 0 Å². The van der Waals surface area contributed by atoms with Gasteiger partial charge >= 0.3 is 0 Å². The van der Waals surface area contributed by atoms with E-state index in [1.165, 1.54) is 4.68 Å². The molecule has 0 atom stereocenters. The van der Waals surface area contributed by atoms with Crippen LogP contribution in [0.5, 0.6) is 5.88 Å². The van der Waals surface area contributed by atoms with Gasteiger partial charge in [-0.1, -0.05) is 18.2 Å². The van der Waals surface area contributed by atoms with E-state index in [4.69, 9.17) is 5.73 Å². The number of benzene rings is 1. The third-order valence-corrected chi connectivity index (χ3v) is 3.99. The normalized spacial score (nSPS) is 11.4. The van der Waals surface area contributed by atoms with Crippen molar-refractivity contribution in [1.82, 2.24) is 24.7 Å². The molecule has 4 aromatic rings. The van der Waals surface area contributed by atoms with Gasteiger partial charge < -0.3 is 15.8 Å². The minimum absolute atomic E-state index is 0.0246. The first-order chi connectivity index (χ1) is 11.5. The maximum atomic E-state index is 12.7. The van der Waals surface area contributed by atoms with Crippen LogP contribution in [0.4, 0.5) is 5.95 Å². The summed E-state index contributed by atoms with van der Waals surface area (Å²) in [6, 6.07) is 7.82. The highest BCUT2D eigenvalue weighted by Crippen LogP contribution is 2.21. The Bertz CT molecular complexity index is 1140. The van der Waals surface area contributed by atoms with Crippen molar-refractivity contribution in [1.29, 1.82) is 0 Å². The smallest absolute Gasteiger partial charge is 0.229 e. The molecule has 8 nitrogen and oxygen atoms in total. The molecule has 0 aliphatic rings. The molecule has 0 spiro atoms. The summed E-state index contributed by atoms with van der Waals surface area (Å²) in [6.45, 7) is 0. The fraction of sp³-hybridized carbons (Fsp3) is 0.125. The second-order valence-corrected chi connectivity index (χ2v) is 5.54. The van der Waals surface area contributed by atoms with E-state index in [2.05, 4.69) is 20.1 Å². The molecule has 4 N–H and O–H groups in total. The Balaban J connectivity index is 1.92. The monoisotopic (exact) mass is 322 g/mol. The summed E-state index contributed by atoms with van der Waals surface area (Å²) in [4.78, 5) is 23.5. The summed E-state index contributed by atoms with van der Waals surface area (Å²) in [7, 11) is 1.65. The average molecular weight is 322 g/mol. The number of nitrogen functional groups attached to an aromatic ring is 1. The number of aromatic hydroxyl groups is 1. The molecule has 0 unspecified atom stereocenters. The second kappa shape index (κ2) is 5.05. The van der Waals surface area contributed by atoms with Gasteiger partial charge in [-0.3, -0.25) is 4.79 Å². The average Bonchev–Trinajstić information content (AvgIpc) is 2.95. The van der Waals surface area contributed by atoms with Gasteiger partial charge in [0.05, 0.1) is 0 Å². The quantitative estimate of drug-likeness (QED) is 0.507. The maximum Gasteiger partial charge on any atom is 0.229 e. The molecule has 3 aromatic heterocycles. The Morgan fingerprint density at radius 1 is 1.29 bits per heavy atom. The molecule has 0 bridgehead atoms. The molecular formula is C16H14N6O2. The van der Waals surface area contributed by atoms with Gasteiger partial charge in [0.15, 0.2) is 5.65 Å². The number of nitrogens with zero attached hydrogens (tertiary/aromatic N) is 4. The molecule has 8 heteroatoms. The number of hydrogen-bond donors (Lipinski definition) is 3. The lowest BCUT2D eigenvalue weighted by Gasteiger charge is -2.08. The minimum atomic E-state index is -0.430. The molecule has 0 amide bonds. The Hall–Kier alpha value is -3.42. The molecule has 0 fully saturated rings. The van der Waals surface area contributed by atoms with E-state index in [9.17, 15) is 9.90 Å². The largest absolute Gasteiger partial charge is 0.493 e. The first kappa shape index (κ1) is 14.2. The van der Waals surface area contributed by atoms with Crippen molar-refractivity contribution in [2.45, 2.75) is 6.42 Å². The van der Waals surface area contributed by atoms with Gasteiger partial charge in [0, 0.05) is 30.6 Å². The first-order valence-electron chi connectivity index (χ1n) is 7.32. The number of fused-ring (bicyclic) bond motifs is 2. The lowest BCUT2D eigenvalue weighted by Crippen LogP contribution is -2.19. The summed E-state index contributed by atoms with van der Waals surface area (Å²) in [5.41, 5.74) is 7.57. The number of rotatable bonds is 2. The van der Waals surface area contributed by atoms with E-state index in [1.54, 1.807) is 7.05 Å². The lowest BCUT2D eigenvalue weighted by molar-refractivity contribution is 0.459. The lowest BCUT2D eigenvalue weighted by atomic mass is 10.1. The van der Waals surface area contributed by atoms with Crippen molar-refractivity contribution >= 4 is 27.9 Å². The zero-order chi connectivity index (χ0) is 16.8. The molecule has 0 saturated heterocycles. The van der Waals surface area contributed by atoms with Crippen LogP contribution in [0.25, 0.3) is 21.9 Å². The van der Waals surface area contributed by atoms with Crippen LogP contribution in [-0.4, -0.2) is 29.8 Å². The molecule has 0 aliphatic heterocycles. The summed E-state index contributed by atoms with van der Waals surface area (Å²) in [5, 5.41) is 15.4. The van der Waals surface area contributed by atoms with Gasteiger partial charge in [0.2, 0.25) is 17.3 Å². The van der Waals surface area contributed by atoms with Gasteiger partial charge in [0.25, 0.3) is 0 Å². The summed E-state index contributed by atoms with van der Waals surface area (Å²) in [5.74, 6) is -0.540. The molecule has 0 saturated carbocycles. The number of aryl methyl sites for hydroxylation is 1. The molecule has 0 radical (unpaired) electrons. The zero-order valence-corrected chi connectivity index (χ0v) is 12.8. The molecule has 4 rings (SSSR count). The third-order valence-electron chi connectivity index (χ3n) is 3.99. The van der Waals surface area contributed by atoms with Gasteiger partial charge in [-0.15, -0.1) is 0 Å². The van der Waals surface area contributed by atoms with Gasteiger partial charge in [-0.25, -0.2) is 4.68 Å². The summed E-state index contributed by atoms with van der Waals surface area (Å²) < 4.78 is 1.43. The zero-order valence-electron chi connectivity index (χ0n) is 12.8. The molecule has 1 aromatic carbocycles. The SMILES string of the molecule is Cn1nc(Cc2c[nH]c3ccccc23)c(=O)c2c(O)nc(N)nc21. The number of aromatic amines is 1. The number of hydrogen-bond acceptors (Lipinski definition) is 6. The topological polar surface area (TPSA) is 123 Å². The van der Waals surface area contributed by atoms with Crippen LogP contribution in [-0.2, 0) is 13.5 Å². The number of para-hydroxylation sites is 1. The van der Waals surface area contributed by atoms with Crippen molar-refractivity contribution in [3.05, 3.63) is 51.9 Å². The predicted octanol–water partition coefficient (Wildman–Crippen LogP) is 1.08. The highest BCUT2D eigenvalue weighted by Gasteiger charge is 2.17. The van der Waals surface area contributed by atoms with Crippen molar-refractivity contribution < 1.29 is 5.11 Å². The Morgan fingerprint density at radius 2 is 2.08 bits per heavy atom. The Kier molecular flexibility index (Phi) is 2.99. The number of anilines is 1. The number of nitrogens with one attached hydrogen (secondary N) is 1. The molecule has 0 aliphatic carbocycles. The van der Waals surface area contributed by atoms with E-state index in [1.807, 2.05) is 30.5 Å². The predicted molar refractivity (Wildman–Crippen MR) is 89.8 cm³/mol. The van der Waals surface area contributed by atoms with Crippen molar-refractivity contribution in [3.8, 4) is 5.88 Å². The van der Waals surface area contributed by atoms with Crippen LogP contribution < -0.4 is 11.2 Å². The molecule has 3 heterocycles. The molecule has 120 valence electrons. The summed E-state index contributed by atoms with van der Waals surface area (Å²) in [6.07, 6.45) is 2.19. The number of nitrogens with two attached hydrogens (primary N) is 1. The van der Waals surface area contributed by atoms with Crippen LogP contribution in [0.15, 0.2) is 35.3 Å². The fourth-order valence-corrected chi connectivity index (χ4v) is 2.88. The second-order valence-electron chi connectivity index (χ2n) is 5.54. The van der Waals surface area contributed by atoms with Gasteiger partial charge in [-0.2, -0.15) is 15.1 Å². The standard InChI is InChI=1S/C16H14N6O2/c1-22-14-12(15(24)20-16(17)19-14)13(23)11(21-22)6-8-7-18-10-5-3-2-4-9(8)10/h2-5,7,18H,6H2,1H3,(H3,17,19,20,24). The van der Waals surface area contributed by atoms with E-state index in [0.717, 1.165) is 16.5 Å². The fourth-order valence-electron chi connectivity index (χ4n) is 2.88. The summed E-state index contributed by atoms with van der Waals surface area (Å²) >= 11 is 0. The highest BCUT2D eigenvalue weighted by atomic mass is 16.3. The highest BCUT2D eigenvalue weighted by molar-refractivity contribution is 5.84. The van der Waals surface area contributed by atoms with Crippen molar-refractivity contribution in [2.24, 2.45) is 7.05 Å². The van der Waals surface area contributed by atoms with Crippen LogP contribution >= 0.6 is 0 Å². The van der Waals surface area contributed by atoms with Crippen molar-refractivity contribution in [2.75, 3.05) is 5.73 Å². The van der Waals surface area contributed by atoms with Gasteiger partial charge in [-0.05, 0) is 11.6 Å². The van der Waals surface area contributed by atoms with Gasteiger partial charge in [0.1, 0.15) is 11.1 Å². The molecular weight excluding hydrogens is 308 g/mol. The van der Waals surface area contributed by atoms with E-state index in [-0.39, 0.29) is 17.0 Å². The third kappa shape index (κ3) is 2.08. The molecule has 24 heavy (non-hydrogen) atoms. The van der Waals surface area contributed by atoms with E-state index in [0.29, 0.717) is 12.1 Å². The minimum Gasteiger partial charge on any atom is -0.493 e. The maximum absolute atomic E-state index is 12.7. The van der Waals surface area contributed by atoms with Crippen LogP contribution in [0, 0.1) is 0 Å². The Morgan fingerprint density at radius 3 is 2.92 bits per heavy atom. The van der Waals surface area contributed by atoms with Crippen molar-refractivity contribution in [3.63, 3.8) is 0 Å². The van der Waals surface area contributed by atoms with Crippen LogP contribution in [0.1, 0.15) is 11.3 Å². The van der Waals surface area contributed by atoms with Crippen LogP contribution in [0.2, 0.25) is 0 Å². The van der Waals surface area contributed by atoms with E-state index >= 15 is 0 Å². The number of H-pyrrole nitrogens is 1. The van der Waals surface area contributed by atoms with E-state index < -0.39 is 11.3 Å².